The minimum atomic E-state index is -0.131. The highest BCUT2D eigenvalue weighted by molar-refractivity contribution is 5.93. The largest absolute Gasteiger partial charge is 0.328 e. The number of benzene rings is 1. The molecule has 3 heterocycles. The van der Waals surface area contributed by atoms with Gasteiger partial charge in [0.25, 0.3) is 0 Å². The van der Waals surface area contributed by atoms with Gasteiger partial charge in [-0.3, -0.25) is 14.5 Å². The third kappa shape index (κ3) is 2.11. The van der Waals surface area contributed by atoms with Crippen LogP contribution in [0.15, 0.2) is 47.5 Å². The molecule has 0 spiro atoms. The number of hydrogen-bond donors (Lipinski definition) is 1. The summed E-state index contributed by atoms with van der Waals surface area (Å²) in [4.78, 5) is 28.5. The van der Waals surface area contributed by atoms with Crippen molar-refractivity contribution in [3.8, 4) is 11.3 Å². The smallest absolute Gasteiger partial charge is 0.289 e. The summed E-state index contributed by atoms with van der Waals surface area (Å²) in [7, 11) is 0. The second-order valence-corrected chi connectivity index (χ2v) is 6.29. The standard InChI is InChI=1S/C18H15N5O/c24-18-22-16-17(23(18)10-11-6-7-11)21-15(9-20-16)13-3-1-5-14-12(13)4-2-8-19-14/h1-5,8-9,11H,6-7,10H2,(H,20,22,24). The highest BCUT2D eigenvalue weighted by Gasteiger charge is 2.24. The Labute approximate surface area is 137 Å². The normalized spacial score (nSPS) is 14.5. The van der Waals surface area contributed by atoms with E-state index in [9.17, 15) is 4.79 Å². The third-order valence-corrected chi connectivity index (χ3v) is 4.54. The number of nitrogens with zero attached hydrogens (tertiary/aromatic N) is 4. The summed E-state index contributed by atoms with van der Waals surface area (Å²) in [5.41, 5.74) is 3.69. The summed E-state index contributed by atoms with van der Waals surface area (Å²) in [6, 6.07) is 9.89. The van der Waals surface area contributed by atoms with Crippen LogP contribution < -0.4 is 5.69 Å². The van der Waals surface area contributed by atoms with Gasteiger partial charge in [0.2, 0.25) is 0 Å². The predicted octanol–water partition coefficient (Wildman–Crippen LogP) is 2.74. The van der Waals surface area contributed by atoms with E-state index in [4.69, 9.17) is 4.98 Å². The summed E-state index contributed by atoms with van der Waals surface area (Å²) in [6.07, 6.45) is 5.85. The molecule has 0 bridgehead atoms. The third-order valence-electron chi connectivity index (χ3n) is 4.54. The number of aromatic amines is 1. The van der Waals surface area contributed by atoms with Gasteiger partial charge in [0.1, 0.15) is 0 Å². The van der Waals surface area contributed by atoms with Crippen molar-refractivity contribution < 1.29 is 0 Å². The summed E-state index contributed by atoms with van der Waals surface area (Å²) in [6.45, 7) is 0.716. The number of aromatic nitrogens is 5. The molecule has 1 aliphatic rings. The molecule has 0 atom stereocenters. The van der Waals surface area contributed by atoms with E-state index >= 15 is 0 Å². The highest BCUT2D eigenvalue weighted by Crippen LogP contribution is 2.31. The van der Waals surface area contributed by atoms with Gasteiger partial charge in [0.15, 0.2) is 11.3 Å². The lowest BCUT2D eigenvalue weighted by Crippen LogP contribution is -2.18. The topological polar surface area (TPSA) is 76.5 Å². The molecule has 1 aliphatic carbocycles. The van der Waals surface area contributed by atoms with Crippen LogP contribution in [0.3, 0.4) is 0 Å². The monoisotopic (exact) mass is 317 g/mol. The average molecular weight is 317 g/mol. The summed E-state index contributed by atoms with van der Waals surface area (Å²) in [5.74, 6) is 0.592. The van der Waals surface area contributed by atoms with Gasteiger partial charge < -0.3 is 0 Å². The zero-order chi connectivity index (χ0) is 16.1. The molecule has 0 unspecified atom stereocenters. The Morgan fingerprint density at radius 2 is 2.08 bits per heavy atom. The van der Waals surface area contributed by atoms with Crippen LogP contribution in [0.5, 0.6) is 0 Å². The van der Waals surface area contributed by atoms with Crippen molar-refractivity contribution in [1.82, 2.24) is 24.5 Å². The molecule has 1 aromatic carbocycles. The van der Waals surface area contributed by atoms with E-state index in [0.717, 1.165) is 22.2 Å². The van der Waals surface area contributed by atoms with Crippen molar-refractivity contribution in [3.05, 3.63) is 53.2 Å². The average Bonchev–Trinajstić information content (AvgIpc) is 3.38. The zero-order valence-electron chi connectivity index (χ0n) is 12.9. The first-order chi connectivity index (χ1) is 11.8. The Morgan fingerprint density at radius 3 is 2.96 bits per heavy atom. The molecule has 118 valence electrons. The minimum absolute atomic E-state index is 0.131. The van der Waals surface area contributed by atoms with Gasteiger partial charge in [-0.05, 0) is 30.9 Å². The summed E-state index contributed by atoms with van der Waals surface area (Å²) < 4.78 is 1.72. The van der Waals surface area contributed by atoms with Crippen molar-refractivity contribution >= 4 is 22.2 Å². The molecule has 6 nitrogen and oxygen atoms in total. The number of pyridine rings is 1. The lowest BCUT2D eigenvalue weighted by Gasteiger charge is -2.06. The quantitative estimate of drug-likeness (QED) is 0.630. The maximum Gasteiger partial charge on any atom is 0.328 e. The predicted molar refractivity (Wildman–Crippen MR) is 91.6 cm³/mol. The molecule has 1 N–H and O–H groups in total. The molecule has 1 saturated carbocycles. The SMILES string of the molecule is O=c1[nH]c2ncc(-c3cccc4ncccc34)nc2n1CC1CC1. The van der Waals surface area contributed by atoms with Crippen molar-refractivity contribution in [2.75, 3.05) is 0 Å². The van der Waals surface area contributed by atoms with Gasteiger partial charge in [0.05, 0.1) is 17.4 Å². The first kappa shape index (κ1) is 13.4. The summed E-state index contributed by atoms with van der Waals surface area (Å²) >= 11 is 0. The molecule has 6 heteroatoms. The van der Waals surface area contributed by atoms with Gasteiger partial charge in [-0.1, -0.05) is 18.2 Å². The minimum Gasteiger partial charge on any atom is -0.289 e. The van der Waals surface area contributed by atoms with Crippen LogP contribution >= 0.6 is 0 Å². The molecule has 1 fully saturated rings. The van der Waals surface area contributed by atoms with Crippen LogP contribution in [0.1, 0.15) is 12.8 Å². The Kier molecular flexibility index (Phi) is 2.79. The number of imidazole rings is 1. The van der Waals surface area contributed by atoms with E-state index in [1.165, 1.54) is 12.8 Å². The molecule has 4 aromatic rings. The van der Waals surface area contributed by atoms with Crippen LogP contribution in [0.25, 0.3) is 33.5 Å². The van der Waals surface area contributed by atoms with Crippen LogP contribution in [-0.2, 0) is 6.54 Å². The second kappa shape index (κ2) is 4.99. The first-order valence-corrected chi connectivity index (χ1v) is 8.09. The number of H-pyrrole nitrogens is 1. The number of fused-ring (bicyclic) bond motifs is 2. The molecule has 3 aromatic heterocycles. The number of hydrogen-bond acceptors (Lipinski definition) is 4. The lowest BCUT2D eigenvalue weighted by molar-refractivity contribution is 0.620. The fourth-order valence-corrected chi connectivity index (χ4v) is 3.11. The van der Waals surface area contributed by atoms with E-state index in [1.807, 2.05) is 30.3 Å². The molecule has 0 radical (unpaired) electrons. The molecule has 0 saturated heterocycles. The fraction of sp³-hybridized carbons (Fsp3) is 0.222. The second-order valence-electron chi connectivity index (χ2n) is 6.29. The molecule has 24 heavy (non-hydrogen) atoms. The number of nitrogens with one attached hydrogen (secondary N) is 1. The Morgan fingerprint density at radius 1 is 1.17 bits per heavy atom. The van der Waals surface area contributed by atoms with Gasteiger partial charge in [0, 0.05) is 23.7 Å². The van der Waals surface area contributed by atoms with Crippen LogP contribution in [0, 0.1) is 5.92 Å². The molecule has 5 rings (SSSR count). The van der Waals surface area contributed by atoms with Gasteiger partial charge in [-0.25, -0.2) is 14.8 Å². The van der Waals surface area contributed by atoms with Crippen LogP contribution in [0.2, 0.25) is 0 Å². The molecular formula is C18H15N5O. The first-order valence-electron chi connectivity index (χ1n) is 8.09. The van der Waals surface area contributed by atoms with E-state index in [1.54, 1.807) is 17.0 Å². The molecule has 0 amide bonds. The highest BCUT2D eigenvalue weighted by atomic mass is 16.1. The van der Waals surface area contributed by atoms with E-state index in [0.29, 0.717) is 23.8 Å². The van der Waals surface area contributed by atoms with Crippen LogP contribution in [-0.4, -0.2) is 24.5 Å². The Hall–Kier alpha value is -3.02. The van der Waals surface area contributed by atoms with Gasteiger partial charge in [-0.15, -0.1) is 0 Å². The van der Waals surface area contributed by atoms with Gasteiger partial charge >= 0.3 is 5.69 Å². The van der Waals surface area contributed by atoms with Crippen molar-refractivity contribution in [3.63, 3.8) is 0 Å². The van der Waals surface area contributed by atoms with Crippen molar-refractivity contribution in [2.45, 2.75) is 19.4 Å². The van der Waals surface area contributed by atoms with Crippen LogP contribution in [0.4, 0.5) is 0 Å². The van der Waals surface area contributed by atoms with Crippen molar-refractivity contribution in [2.24, 2.45) is 5.92 Å². The van der Waals surface area contributed by atoms with Gasteiger partial charge in [-0.2, -0.15) is 0 Å². The Balaban J connectivity index is 1.73. The Bertz CT molecular complexity index is 1120. The van der Waals surface area contributed by atoms with E-state index in [2.05, 4.69) is 15.0 Å². The maximum atomic E-state index is 12.2. The van der Waals surface area contributed by atoms with Crippen molar-refractivity contribution in [1.29, 1.82) is 0 Å². The molecular weight excluding hydrogens is 302 g/mol. The molecule has 0 aliphatic heterocycles. The lowest BCUT2D eigenvalue weighted by atomic mass is 10.1. The van der Waals surface area contributed by atoms with E-state index in [-0.39, 0.29) is 5.69 Å². The number of rotatable bonds is 3. The zero-order valence-corrected chi connectivity index (χ0v) is 12.9. The van der Waals surface area contributed by atoms with E-state index < -0.39 is 0 Å². The summed E-state index contributed by atoms with van der Waals surface area (Å²) in [5, 5.41) is 1.03. The maximum absolute atomic E-state index is 12.2. The fourth-order valence-electron chi connectivity index (χ4n) is 3.11.